The van der Waals surface area contributed by atoms with Crippen LogP contribution in [0.4, 0.5) is 0 Å². The van der Waals surface area contributed by atoms with E-state index in [1.807, 2.05) is 0 Å². The van der Waals surface area contributed by atoms with Crippen molar-refractivity contribution in [3.63, 3.8) is 0 Å². The Bertz CT molecular complexity index is 683. The van der Waals surface area contributed by atoms with Gasteiger partial charge in [-0.05, 0) is 45.9 Å². The number of hydrogen-bond donors (Lipinski definition) is 2. The van der Waals surface area contributed by atoms with E-state index in [0.717, 1.165) is 0 Å². The molecule has 0 atom stereocenters. The van der Waals surface area contributed by atoms with E-state index >= 15 is 0 Å². The molecule has 23 heavy (non-hydrogen) atoms. The summed E-state index contributed by atoms with van der Waals surface area (Å²) >= 11 is 0. The van der Waals surface area contributed by atoms with Crippen molar-refractivity contribution < 1.29 is 23.1 Å². The van der Waals surface area contributed by atoms with E-state index in [4.69, 9.17) is 5.11 Å². The maximum Gasteiger partial charge on any atom is 0.323 e. The fourth-order valence-electron chi connectivity index (χ4n) is 1.98. The van der Waals surface area contributed by atoms with Crippen LogP contribution in [0, 0.1) is 0 Å². The topological polar surface area (TPSA) is 104 Å². The third-order valence-electron chi connectivity index (χ3n) is 2.97. The van der Waals surface area contributed by atoms with Crippen molar-refractivity contribution in [3.8, 4) is 0 Å². The summed E-state index contributed by atoms with van der Waals surface area (Å²) in [5.74, 6) is -1.65. The molecule has 2 N–H and O–H groups in total. The number of nitrogens with zero attached hydrogens (tertiary/aromatic N) is 1. The number of carbonyl (C=O) groups is 2. The first-order valence-electron chi connectivity index (χ1n) is 7.19. The number of sulfonamides is 1. The van der Waals surface area contributed by atoms with Gasteiger partial charge in [-0.1, -0.05) is 6.07 Å². The average Bonchev–Trinajstić information content (AvgIpc) is 2.42. The Balaban J connectivity index is 3.17. The highest BCUT2D eigenvalue weighted by atomic mass is 32.2. The van der Waals surface area contributed by atoms with Gasteiger partial charge in [-0.2, -0.15) is 0 Å². The predicted molar refractivity (Wildman–Crippen MR) is 85.7 cm³/mol. The summed E-state index contributed by atoms with van der Waals surface area (Å²) in [6.45, 7) is 6.33. The zero-order valence-electron chi connectivity index (χ0n) is 13.6. The third-order valence-corrected chi connectivity index (χ3v) is 4.63. The molecule has 1 aromatic rings. The number of aliphatic carboxylic acids is 1. The van der Waals surface area contributed by atoms with E-state index in [1.165, 1.54) is 29.2 Å². The van der Waals surface area contributed by atoms with Gasteiger partial charge in [-0.3, -0.25) is 9.59 Å². The molecular formula is C15H22N2O5S. The Kier molecular flexibility index (Phi) is 6.28. The SMILES string of the molecule is CC(C)NS(=O)(=O)c1cccc(C(=O)N(CC(=O)O)C(C)C)c1. The first kappa shape index (κ1) is 19.1. The van der Waals surface area contributed by atoms with E-state index in [1.54, 1.807) is 27.7 Å². The molecule has 128 valence electrons. The second kappa shape index (κ2) is 7.56. The Hall–Kier alpha value is -1.93. The van der Waals surface area contributed by atoms with Crippen molar-refractivity contribution in [2.45, 2.75) is 44.7 Å². The van der Waals surface area contributed by atoms with Crippen LogP contribution in [0.25, 0.3) is 0 Å². The number of carboxylic acids is 1. The van der Waals surface area contributed by atoms with Gasteiger partial charge in [0, 0.05) is 17.6 Å². The van der Waals surface area contributed by atoms with Gasteiger partial charge in [-0.25, -0.2) is 13.1 Å². The average molecular weight is 342 g/mol. The highest BCUT2D eigenvalue weighted by Gasteiger charge is 2.23. The normalized spacial score (nSPS) is 11.7. The lowest BCUT2D eigenvalue weighted by Gasteiger charge is -2.25. The fourth-order valence-corrected chi connectivity index (χ4v) is 3.27. The van der Waals surface area contributed by atoms with Gasteiger partial charge < -0.3 is 10.0 Å². The minimum atomic E-state index is -3.72. The van der Waals surface area contributed by atoms with Crippen molar-refractivity contribution >= 4 is 21.9 Å². The molecule has 1 aromatic carbocycles. The minimum Gasteiger partial charge on any atom is -0.480 e. The van der Waals surface area contributed by atoms with Crippen LogP contribution < -0.4 is 4.72 Å². The summed E-state index contributed by atoms with van der Waals surface area (Å²) in [4.78, 5) is 24.5. The van der Waals surface area contributed by atoms with Gasteiger partial charge >= 0.3 is 5.97 Å². The lowest BCUT2D eigenvalue weighted by atomic mass is 10.1. The molecule has 0 aromatic heterocycles. The Labute approximate surface area is 136 Å². The summed E-state index contributed by atoms with van der Waals surface area (Å²) in [6, 6.07) is 4.96. The number of carbonyl (C=O) groups excluding carboxylic acids is 1. The largest absolute Gasteiger partial charge is 0.480 e. The van der Waals surface area contributed by atoms with Crippen molar-refractivity contribution in [2.75, 3.05) is 6.54 Å². The molecule has 0 aliphatic rings. The quantitative estimate of drug-likeness (QED) is 0.777. The van der Waals surface area contributed by atoms with Crippen LogP contribution in [0.2, 0.25) is 0 Å². The first-order chi connectivity index (χ1) is 10.5. The molecular weight excluding hydrogens is 320 g/mol. The molecule has 0 bridgehead atoms. The zero-order chi connectivity index (χ0) is 17.8. The van der Waals surface area contributed by atoms with E-state index in [-0.39, 0.29) is 22.5 Å². The Morgan fingerprint density at radius 1 is 1.22 bits per heavy atom. The molecule has 0 aliphatic carbocycles. The van der Waals surface area contributed by atoms with Crippen molar-refractivity contribution in [1.29, 1.82) is 0 Å². The number of carboxylic acid groups (broad SMARTS) is 1. The van der Waals surface area contributed by atoms with Crippen molar-refractivity contribution in [2.24, 2.45) is 0 Å². The number of hydrogen-bond acceptors (Lipinski definition) is 4. The summed E-state index contributed by atoms with van der Waals surface area (Å²) in [6.07, 6.45) is 0. The van der Waals surface area contributed by atoms with Crippen LogP contribution in [-0.4, -0.2) is 48.9 Å². The number of amides is 1. The van der Waals surface area contributed by atoms with Gasteiger partial charge in [0.15, 0.2) is 0 Å². The predicted octanol–water partition coefficient (Wildman–Crippen LogP) is 1.31. The standard InChI is InChI=1S/C15H22N2O5S/c1-10(2)16-23(21,22)13-7-5-6-12(8-13)15(20)17(11(3)4)9-14(18)19/h5-8,10-11,16H,9H2,1-4H3,(H,18,19). The lowest BCUT2D eigenvalue weighted by Crippen LogP contribution is -2.40. The Morgan fingerprint density at radius 3 is 2.30 bits per heavy atom. The maximum absolute atomic E-state index is 12.5. The molecule has 8 heteroatoms. The number of rotatable bonds is 7. The highest BCUT2D eigenvalue weighted by molar-refractivity contribution is 7.89. The van der Waals surface area contributed by atoms with Gasteiger partial charge in [0.2, 0.25) is 10.0 Å². The van der Waals surface area contributed by atoms with Crippen LogP contribution in [0.1, 0.15) is 38.1 Å². The molecule has 7 nitrogen and oxygen atoms in total. The third kappa shape index (κ3) is 5.33. The second-order valence-electron chi connectivity index (χ2n) is 5.72. The summed E-state index contributed by atoms with van der Waals surface area (Å²) in [5.41, 5.74) is 0.131. The van der Waals surface area contributed by atoms with Crippen LogP contribution in [-0.2, 0) is 14.8 Å². The molecule has 0 unspecified atom stereocenters. The molecule has 1 amide bonds. The number of nitrogens with one attached hydrogen (secondary N) is 1. The molecule has 0 spiro atoms. The monoisotopic (exact) mass is 342 g/mol. The minimum absolute atomic E-state index is 0.0314. The van der Waals surface area contributed by atoms with Gasteiger partial charge in [0.25, 0.3) is 5.91 Å². The van der Waals surface area contributed by atoms with Crippen LogP contribution >= 0.6 is 0 Å². The van der Waals surface area contributed by atoms with Gasteiger partial charge in [-0.15, -0.1) is 0 Å². The van der Waals surface area contributed by atoms with E-state index < -0.39 is 28.4 Å². The smallest absolute Gasteiger partial charge is 0.323 e. The molecule has 0 saturated carbocycles. The fraction of sp³-hybridized carbons (Fsp3) is 0.467. The summed E-state index contributed by atoms with van der Waals surface area (Å²) in [7, 11) is -3.72. The second-order valence-corrected chi connectivity index (χ2v) is 7.44. The Morgan fingerprint density at radius 2 is 1.83 bits per heavy atom. The molecule has 0 fully saturated rings. The molecule has 0 radical (unpaired) electrons. The maximum atomic E-state index is 12.5. The number of benzene rings is 1. The van der Waals surface area contributed by atoms with E-state index in [9.17, 15) is 18.0 Å². The molecule has 1 rings (SSSR count). The molecule has 0 saturated heterocycles. The van der Waals surface area contributed by atoms with Crippen molar-refractivity contribution in [1.82, 2.24) is 9.62 Å². The summed E-state index contributed by atoms with van der Waals surface area (Å²) < 4.78 is 26.8. The highest BCUT2D eigenvalue weighted by Crippen LogP contribution is 2.15. The van der Waals surface area contributed by atoms with Gasteiger partial charge in [0.1, 0.15) is 6.54 Å². The van der Waals surface area contributed by atoms with E-state index in [2.05, 4.69) is 4.72 Å². The van der Waals surface area contributed by atoms with Gasteiger partial charge in [0.05, 0.1) is 4.90 Å². The van der Waals surface area contributed by atoms with Crippen LogP contribution in [0.15, 0.2) is 29.2 Å². The molecule has 0 aliphatic heterocycles. The van der Waals surface area contributed by atoms with Crippen LogP contribution in [0.5, 0.6) is 0 Å². The first-order valence-corrected chi connectivity index (χ1v) is 8.68. The zero-order valence-corrected chi connectivity index (χ0v) is 14.4. The van der Waals surface area contributed by atoms with E-state index in [0.29, 0.717) is 0 Å². The lowest BCUT2D eigenvalue weighted by molar-refractivity contribution is -0.138. The molecule has 0 heterocycles. The summed E-state index contributed by atoms with van der Waals surface area (Å²) in [5, 5.41) is 8.91. The van der Waals surface area contributed by atoms with Crippen molar-refractivity contribution in [3.05, 3.63) is 29.8 Å². The van der Waals surface area contributed by atoms with Crippen LogP contribution in [0.3, 0.4) is 0 Å².